The Labute approximate surface area is 150 Å². The Morgan fingerprint density at radius 1 is 1.15 bits per heavy atom. The van der Waals surface area contributed by atoms with Crippen molar-refractivity contribution in [3.8, 4) is 5.75 Å². The van der Waals surface area contributed by atoms with Crippen LogP contribution in [0.25, 0.3) is 5.70 Å². The fourth-order valence-corrected chi connectivity index (χ4v) is 2.20. The number of hydrogen-bond donors (Lipinski definition) is 1. The maximum Gasteiger partial charge on any atom is 0.358 e. The normalized spacial score (nSPS) is 11.0. The number of nitrogens with zero attached hydrogens (tertiary/aromatic N) is 3. The zero-order chi connectivity index (χ0) is 18.2. The fourth-order valence-electron chi connectivity index (χ4n) is 2.20. The van der Waals surface area contributed by atoms with Crippen LogP contribution in [0, 0.1) is 0 Å². The summed E-state index contributed by atoms with van der Waals surface area (Å²) < 4.78 is 11.8. The molecule has 0 unspecified atom stereocenters. The summed E-state index contributed by atoms with van der Waals surface area (Å²) in [6.45, 7) is 0.506. The maximum absolute atomic E-state index is 11.9. The van der Waals surface area contributed by atoms with Gasteiger partial charge >= 0.3 is 5.97 Å². The van der Waals surface area contributed by atoms with E-state index in [2.05, 4.69) is 15.4 Å². The van der Waals surface area contributed by atoms with E-state index in [4.69, 9.17) is 9.47 Å². The van der Waals surface area contributed by atoms with E-state index in [9.17, 15) is 4.79 Å². The number of hydrogen-bond acceptors (Lipinski definition) is 6. The second kappa shape index (κ2) is 8.48. The van der Waals surface area contributed by atoms with Gasteiger partial charge in [0.15, 0.2) is 5.70 Å². The monoisotopic (exact) mass is 350 g/mol. The molecule has 0 aliphatic carbocycles. The molecule has 0 saturated heterocycles. The molecular weight excluding hydrogens is 332 g/mol. The maximum atomic E-state index is 11.9. The van der Waals surface area contributed by atoms with Crippen molar-refractivity contribution in [3.05, 3.63) is 79.0 Å². The Kier molecular flexibility index (Phi) is 5.61. The van der Waals surface area contributed by atoms with Gasteiger partial charge in [-0.2, -0.15) is 5.10 Å². The molecule has 0 aliphatic rings. The number of esters is 1. The van der Waals surface area contributed by atoms with Crippen molar-refractivity contribution >= 4 is 17.4 Å². The third-order valence-electron chi connectivity index (χ3n) is 3.54. The van der Waals surface area contributed by atoms with Crippen LogP contribution in [-0.4, -0.2) is 27.8 Å². The second-order valence-corrected chi connectivity index (χ2v) is 5.30. The summed E-state index contributed by atoms with van der Waals surface area (Å²) >= 11 is 0. The van der Waals surface area contributed by atoms with Gasteiger partial charge in [-0.3, -0.25) is 0 Å². The lowest BCUT2D eigenvalue weighted by atomic mass is 10.2. The number of benzene rings is 2. The molecule has 7 nitrogen and oxygen atoms in total. The number of carbonyl (C=O) groups is 1. The molecule has 2 aromatic carbocycles. The van der Waals surface area contributed by atoms with Crippen molar-refractivity contribution in [1.82, 2.24) is 14.8 Å². The molecule has 3 aromatic rings. The number of aromatic nitrogens is 3. The Hall–Kier alpha value is -3.61. The summed E-state index contributed by atoms with van der Waals surface area (Å²) in [5.74, 6) is 0.235. The quantitative estimate of drug-likeness (QED) is 0.521. The highest BCUT2D eigenvalue weighted by molar-refractivity contribution is 6.09. The van der Waals surface area contributed by atoms with E-state index < -0.39 is 5.97 Å². The molecular formula is C19H18N4O3. The molecule has 132 valence electrons. The van der Waals surface area contributed by atoms with Crippen LogP contribution in [0.5, 0.6) is 5.75 Å². The fraction of sp³-hybridized carbons (Fsp3) is 0.105. The Morgan fingerprint density at radius 2 is 1.92 bits per heavy atom. The smallest absolute Gasteiger partial charge is 0.358 e. The molecule has 0 aliphatic heterocycles. The summed E-state index contributed by atoms with van der Waals surface area (Å²) in [6.07, 6.45) is 4.28. The first-order chi connectivity index (χ1) is 12.8. The average molecular weight is 350 g/mol. The van der Waals surface area contributed by atoms with Crippen LogP contribution in [0.4, 0.5) is 5.69 Å². The van der Waals surface area contributed by atoms with E-state index in [1.807, 2.05) is 54.6 Å². The first-order valence-electron chi connectivity index (χ1n) is 7.93. The first-order valence-corrected chi connectivity index (χ1v) is 7.93. The van der Waals surface area contributed by atoms with Gasteiger partial charge in [-0.05, 0) is 29.8 Å². The van der Waals surface area contributed by atoms with Crippen molar-refractivity contribution in [1.29, 1.82) is 0 Å². The highest BCUT2D eigenvalue weighted by Gasteiger charge is 2.12. The van der Waals surface area contributed by atoms with Gasteiger partial charge in [0, 0.05) is 11.9 Å². The number of anilines is 1. The molecule has 1 N–H and O–H groups in total. The molecule has 1 heterocycles. The summed E-state index contributed by atoms with van der Waals surface area (Å²) in [6, 6.07) is 17.4. The molecule has 0 radical (unpaired) electrons. The third kappa shape index (κ3) is 4.47. The zero-order valence-corrected chi connectivity index (χ0v) is 14.2. The lowest BCUT2D eigenvalue weighted by Gasteiger charge is -2.09. The Morgan fingerprint density at radius 3 is 2.58 bits per heavy atom. The highest BCUT2D eigenvalue weighted by Crippen LogP contribution is 2.18. The van der Waals surface area contributed by atoms with Crippen molar-refractivity contribution in [2.45, 2.75) is 6.61 Å². The standard InChI is InChI=1S/C19H18N4O3/c1-25-19(24)18(23-14-20-13-22-23)11-21-16-7-9-17(10-8-16)26-12-15-5-3-2-4-6-15/h2-11,13-14,21H,12H2,1H3/b18-11+. The molecule has 0 amide bonds. The largest absolute Gasteiger partial charge is 0.489 e. The molecule has 26 heavy (non-hydrogen) atoms. The van der Waals surface area contributed by atoms with Crippen molar-refractivity contribution in [2.24, 2.45) is 0 Å². The van der Waals surface area contributed by atoms with Crippen molar-refractivity contribution in [3.63, 3.8) is 0 Å². The predicted molar refractivity (Wildman–Crippen MR) is 97.1 cm³/mol. The molecule has 0 fully saturated rings. The minimum atomic E-state index is -0.522. The second-order valence-electron chi connectivity index (χ2n) is 5.30. The SMILES string of the molecule is COC(=O)/C(=C\Nc1ccc(OCc2ccccc2)cc1)n1cncn1. The lowest BCUT2D eigenvalue weighted by molar-refractivity contribution is -0.134. The topological polar surface area (TPSA) is 78.3 Å². The lowest BCUT2D eigenvalue weighted by Crippen LogP contribution is -2.12. The van der Waals surface area contributed by atoms with Gasteiger partial charge in [-0.25, -0.2) is 14.5 Å². The van der Waals surface area contributed by atoms with Crippen LogP contribution < -0.4 is 10.1 Å². The van der Waals surface area contributed by atoms with Crippen LogP contribution in [0.1, 0.15) is 5.56 Å². The van der Waals surface area contributed by atoms with Crippen molar-refractivity contribution in [2.75, 3.05) is 12.4 Å². The first kappa shape index (κ1) is 17.2. The van der Waals surface area contributed by atoms with Crippen molar-refractivity contribution < 1.29 is 14.3 Å². The molecule has 3 rings (SSSR count). The van der Waals surface area contributed by atoms with Crippen LogP contribution in [-0.2, 0) is 16.1 Å². The average Bonchev–Trinajstić information content (AvgIpc) is 3.22. The van der Waals surface area contributed by atoms with Gasteiger partial charge < -0.3 is 14.8 Å². The highest BCUT2D eigenvalue weighted by atomic mass is 16.5. The van der Waals surface area contributed by atoms with Crippen LogP contribution in [0.15, 0.2) is 73.5 Å². The van der Waals surface area contributed by atoms with E-state index in [-0.39, 0.29) is 5.70 Å². The van der Waals surface area contributed by atoms with Gasteiger partial charge in [-0.15, -0.1) is 0 Å². The van der Waals surface area contributed by atoms with Crippen LogP contribution >= 0.6 is 0 Å². The van der Waals surface area contributed by atoms with E-state index >= 15 is 0 Å². The molecule has 0 bridgehead atoms. The number of carbonyl (C=O) groups excluding carboxylic acids is 1. The zero-order valence-electron chi connectivity index (χ0n) is 14.2. The third-order valence-corrected chi connectivity index (χ3v) is 3.54. The van der Waals surface area contributed by atoms with Gasteiger partial charge in [0.2, 0.25) is 0 Å². The van der Waals surface area contributed by atoms with E-state index in [1.54, 1.807) is 0 Å². The number of ether oxygens (including phenoxy) is 2. The summed E-state index contributed by atoms with van der Waals surface area (Å²) in [4.78, 5) is 15.7. The Balaban J connectivity index is 1.63. The van der Waals surface area contributed by atoms with Gasteiger partial charge in [0.05, 0.1) is 7.11 Å². The molecule has 0 saturated carbocycles. The minimum Gasteiger partial charge on any atom is -0.489 e. The summed E-state index contributed by atoms with van der Waals surface area (Å²) in [5.41, 5.74) is 2.11. The summed E-state index contributed by atoms with van der Waals surface area (Å²) in [5, 5.41) is 6.98. The van der Waals surface area contributed by atoms with Gasteiger partial charge in [-0.1, -0.05) is 30.3 Å². The van der Waals surface area contributed by atoms with Gasteiger partial charge in [0.1, 0.15) is 25.0 Å². The summed E-state index contributed by atoms with van der Waals surface area (Å²) in [7, 11) is 1.31. The molecule has 1 aromatic heterocycles. The van der Waals surface area contributed by atoms with E-state index in [0.717, 1.165) is 17.0 Å². The van der Waals surface area contributed by atoms with E-state index in [1.165, 1.54) is 30.6 Å². The molecule has 7 heteroatoms. The van der Waals surface area contributed by atoms with Crippen LogP contribution in [0.3, 0.4) is 0 Å². The number of nitrogens with one attached hydrogen (secondary N) is 1. The predicted octanol–water partition coefficient (Wildman–Crippen LogP) is 2.94. The number of methoxy groups -OCH3 is 1. The number of rotatable bonds is 7. The minimum absolute atomic E-state index is 0.217. The van der Waals surface area contributed by atoms with Crippen LogP contribution in [0.2, 0.25) is 0 Å². The van der Waals surface area contributed by atoms with E-state index in [0.29, 0.717) is 6.61 Å². The Bertz CT molecular complexity index is 860. The molecule has 0 spiro atoms. The van der Waals surface area contributed by atoms with Gasteiger partial charge in [0.25, 0.3) is 0 Å². The molecule has 0 atom stereocenters.